The van der Waals surface area contributed by atoms with Gasteiger partial charge in [-0.3, -0.25) is 14.5 Å². The molecule has 1 heterocycles. The van der Waals surface area contributed by atoms with Crippen molar-refractivity contribution >= 4 is 23.6 Å². The van der Waals surface area contributed by atoms with Crippen molar-refractivity contribution in [1.29, 1.82) is 0 Å². The van der Waals surface area contributed by atoms with Crippen LogP contribution in [-0.4, -0.2) is 57.7 Å². The van der Waals surface area contributed by atoms with Gasteiger partial charge in [0.15, 0.2) is 0 Å². The molecule has 2 N–H and O–H groups in total. The number of fused-ring (bicyclic) bond motifs is 1. The van der Waals surface area contributed by atoms with Crippen LogP contribution in [0.25, 0.3) is 0 Å². The highest BCUT2D eigenvalue weighted by Crippen LogP contribution is 2.22. The highest BCUT2D eigenvalue weighted by Gasteiger charge is 2.34. The molecule has 0 spiro atoms. The minimum Gasteiger partial charge on any atom is -0.394 e. The van der Waals surface area contributed by atoms with Gasteiger partial charge in [0.25, 0.3) is 11.8 Å². The van der Waals surface area contributed by atoms with Crippen molar-refractivity contribution in [3.8, 4) is 0 Å². The molecular formula is C14H17NO4S. The van der Waals surface area contributed by atoms with Crippen LogP contribution in [0.5, 0.6) is 0 Å². The third-order valence-corrected chi connectivity index (χ3v) is 4.27. The Labute approximate surface area is 121 Å². The number of rotatable bonds is 7. The largest absolute Gasteiger partial charge is 0.394 e. The standard InChI is InChI=1S/C14H17NO4S/c16-8-10(17)9-20-7-3-6-15-13(18)11-4-1-2-5-12(11)14(15)19/h1-2,4-5,10,16-17H,3,6-9H2. The average molecular weight is 295 g/mol. The molecule has 1 aliphatic rings. The van der Waals surface area contributed by atoms with E-state index in [2.05, 4.69) is 0 Å². The molecule has 1 aromatic rings. The first kappa shape index (κ1) is 15.0. The predicted octanol–water partition coefficient (Wildman–Crippen LogP) is 0.759. The fraction of sp³-hybridized carbons (Fsp3) is 0.429. The quantitative estimate of drug-likeness (QED) is 0.573. The molecule has 0 saturated carbocycles. The van der Waals surface area contributed by atoms with E-state index < -0.39 is 6.10 Å². The number of benzene rings is 1. The Hall–Kier alpha value is -1.37. The number of nitrogens with zero attached hydrogens (tertiary/aromatic N) is 1. The van der Waals surface area contributed by atoms with E-state index in [4.69, 9.17) is 5.11 Å². The van der Waals surface area contributed by atoms with E-state index in [1.165, 1.54) is 16.7 Å². The van der Waals surface area contributed by atoms with Gasteiger partial charge in [-0.05, 0) is 24.3 Å². The van der Waals surface area contributed by atoms with E-state index in [-0.39, 0.29) is 18.4 Å². The van der Waals surface area contributed by atoms with Gasteiger partial charge in [0, 0.05) is 12.3 Å². The Kier molecular flexibility index (Phi) is 5.17. The molecular weight excluding hydrogens is 278 g/mol. The van der Waals surface area contributed by atoms with Crippen molar-refractivity contribution in [2.75, 3.05) is 24.7 Å². The van der Waals surface area contributed by atoms with E-state index in [0.29, 0.717) is 29.8 Å². The summed E-state index contributed by atoms with van der Waals surface area (Å²) in [6.45, 7) is 0.139. The first-order valence-corrected chi connectivity index (χ1v) is 7.62. The lowest BCUT2D eigenvalue weighted by Gasteiger charge is -2.13. The van der Waals surface area contributed by atoms with Crippen molar-refractivity contribution in [3.63, 3.8) is 0 Å². The van der Waals surface area contributed by atoms with Crippen molar-refractivity contribution in [1.82, 2.24) is 4.90 Å². The maximum absolute atomic E-state index is 12.1. The maximum atomic E-state index is 12.1. The number of hydrogen-bond acceptors (Lipinski definition) is 5. The molecule has 0 aliphatic carbocycles. The van der Waals surface area contributed by atoms with Crippen LogP contribution in [0, 0.1) is 0 Å². The van der Waals surface area contributed by atoms with Gasteiger partial charge in [-0.2, -0.15) is 11.8 Å². The molecule has 0 fully saturated rings. The molecule has 1 aliphatic heterocycles. The highest BCUT2D eigenvalue weighted by atomic mass is 32.2. The van der Waals surface area contributed by atoms with Crippen LogP contribution in [0.1, 0.15) is 27.1 Å². The van der Waals surface area contributed by atoms with E-state index in [1.807, 2.05) is 0 Å². The van der Waals surface area contributed by atoms with Gasteiger partial charge in [-0.1, -0.05) is 12.1 Å². The lowest BCUT2D eigenvalue weighted by molar-refractivity contribution is 0.0655. The molecule has 1 atom stereocenters. The second-order valence-electron chi connectivity index (χ2n) is 4.57. The number of imide groups is 1. The molecule has 2 rings (SSSR count). The summed E-state index contributed by atoms with van der Waals surface area (Å²) in [6, 6.07) is 6.84. The zero-order valence-corrected chi connectivity index (χ0v) is 11.8. The smallest absolute Gasteiger partial charge is 0.261 e. The summed E-state index contributed by atoms with van der Waals surface area (Å²) in [5.74, 6) is 0.722. The normalized spacial score (nSPS) is 15.6. The van der Waals surface area contributed by atoms with Gasteiger partial charge in [0.1, 0.15) is 0 Å². The molecule has 0 bridgehead atoms. The molecule has 2 amide bonds. The zero-order chi connectivity index (χ0) is 14.5. The Morgan fingerprint density at radius 1 is 1.15 bits per heavy atom. The second kappa shape index (κ2) is 6.88. The molecule has 20 heavy (non-hydrogen) atoms. The van der Waals surface area contributed by atoms with Crippen molar-refractivity contribution in [2.45, 2.75) is 12.5 Å². The third-order valence-electron chi connectivity index (χ3n) is 3.07. The number of thioether (sulfide) groups is 1. The summed E-state index contributed by atoms with van der Waals surface area (Å²) >= 11 is 1.50. The van der Waals surface area contributed by atoms with Gasteiger partial charge >= 0.3 is 0 Å². The zero-order valence-electron chi connectivity index (χ0n) is 11.0. The minimum absolute atomic E-state index is 0.231. The fourth-order valence-corrected chi connectivity index (χ4v) is 2.92. The Morgan fingerprint density at radius 3 is 2.30 bits per heavy atom. The second-order valence-corrected chi connectivity index (χ2v) is 5.72. The molecule has 0 radical (unpaired) electrons. The van der Waals surface area contributed by atoms with E-state index >= 15 is 0 Å². The SMILES string of the molecule is O=C1c2ccccc2C(=O)N1CCCSCC(O)CO. The highest BCUT2D eigenvalue weighted by molar-refractivity contribution is 7.99. The summed E-state index contributed by atoms with van der Waals surface area (Å²) in [7, 11) is 0. The van der Waals surface area contributed by atoms with E-state index in [9.17, 15) is 14.7 Å². The molecule has 1 aromatic carbocycles. The Balaban J connectivity index is 1.81. The topological polar surface area (TPSA) is 77.8 Å². The van der Waals surface area contributed by atoms with E-state index in [1.54, 1.807) is 24.3 Å². The summed E-state index contributed by atoms with van der Waals surface area (Å²) in [5.41, 5.74) is 0.946. The minimum atomic E-state index is -0.709. The molecule has 5 nitrogen and oxygen atoms in total. The number of aliphatic hydroxyl groups excluding tert-OH is 2. The molecule has 1 unspecified atom stereocenters. The van der Waals surface area contributed by atoms with Gasteiger partial charge in [-0.25, -0.2) is 0 Å². The van der Waals surface area contributed by atoms with Crippen LogP contribution in [0.3, 0.4) is 0 Å². The van der Waals surface area contributed by atoms with Crippen LogP contribution >= 0.6 is 11.8 Å². The van der Waals surface area contributed by atoms with Crippen molar-refractivity contribution in [2.24, 2.45) is 0 Å². The molecule has 0 saturated heterocycles. The lowest BCUT2D eigenvalue weighted by atomic mass is 10.1. The number of carbonyl (C=O) groups is 2. The molecule has 108 valence electrons. The van der Waals surface area contributed by atoms with Gasteiger partial charge in [-0.15, -0.1) is 0 Å². The summed E-state index contributed by atoms with van der Waals surface area (Å²) in [6.07, 6.45) is -0.0341. The monoisotopic (exact) mass is 295 g/mol. The van der Waals surface area contributed by atoms with E-state index in [0.717, 1.165) is 5.75 Å². The van der Waals surface area contributed by atoms with Crippen LogP contribution in [0.4, 0.5) is 0 Å². The number of carbonyl (C=O) groups excluding carboxylic acids is 2. The molecule has 6 heteroatoms. The Morgan fingerprint density at radius 2 is 1.75 bits per heavy atom. The summed E-state index contributed by atoms with van der Waals surface area (Å²) < 4.78 is 0. The van der Waals surface area contributed by atoms with Crippen molar-refractivity contribution < 1.29 is 19.8 Å². The summed E-state index contributed by atoms with van der Waals surface area (Å²) in [5, 5.41) is 17.9. The van der Waals surface area contributed by atoms with Crippen LogP contribution in [-0.2, 0) is 0 Å². The Bertz CT molecular complexity index is 471. The number of hydrogen-bond donors (Lipinski definition) is 2. The fourth-order valence-electron chi connectivity index (χ4n) is 2.04. The third kappa shape index (κ3) is 3.20. The first-order valence-electron chi connectivity index (χ1n) is 6.47. The maximum Gasteiger partial charge on any atom is 0.261 e. The van der Waals surface area contributed by atoms with Crippen LogP contribution < -0.4 is 0 Å². The van der Waals surface area contributed by atoms with Gasteiger partial charge < -0.3 is 10.2 Å². The lowest BCUT2D eigenvalue weighted by Crippen LogP contribution is -2.31. The molecule has 0 aromatic heterocycles. The van der Waals surface area contributed by atoms with Crippen molar-refractivity contribution in [3.05, 3.63) is 35.4 Å². The van der Waals surface area contributed by atoms with Crippen LogP contribution in [0.15, 0.2) is 24.3 Å². The summed E-state index contributed by atoms with van der Waals surface area (Å²) in [4.78, 5) is 25.4. The number of aliphatic hydroxyl groups is 2. The first-order chi connectivity index (χ1) is 9.65. The predicted molar refractivity (Wildman–Crippen MR) is 76.8 cm³/mol. The van der Waals surface area contributed by atoms with Gasteiger partial charge in [0.05, 0.1) is 23.8 Å². The van der Waals surface area contributed by atoms with Gasteiger partial charge in [0.2, 0.25) is 0 Å². The average Bonchev–Trinajstić information content (AvgIpc) is 2.71. The van der Waals surface area contributed by atoms with Crippen LogP contribution in [0.2, 0.25) is 0 Å². The number of amides is 2.